The third-order valence-electron chi connectivity index (χ3n) is 5.89. The Hall–Kier alpha value is -4.17. The molecule has 3 heterocycles. The summed E-state index contributed by atoms with van der Waals surface area (Å²) >= 11 is 0. The maximum Gasteiger partial charge on any atom is 0.471 e. The van der Waals surface area contributed by atoms with Crippen molar-refractivity contribution >= 4 is 30.5 Å². The number of hydrogen-bond donors (Lipinski definition) is 2. The van der Waals surface area contributed by atoms with Gasteiger partial charge in [-0.3, -0.25) is 9.32 Å². The molecular formula is C27H27N6O5P. The van der Waals surface area contributed by atoms with Crippen LogP contribution >= 0.6 is 7.82 Å². The predicted octanol–water partition coefficient (Wildman–Crippen LogP) is 3.78. The number of phosphoric acid groups is 1. The Morgan fingerprint density at radius 2 is 1.92 bits per heavy atom. The van der Waals surface area contributed by atoms with E-state index < -0.39 is 14.6 Å². The Morgan fingerprint density at radius 3 is 2.64 bits per heavy atom. The van der Waals surface area contributed by atoms with Gasteiger partial charge in [-0.05, 0) is 55.6 Å². The summed E-state index contributed by atoms with van der Waals surface area (Å²) in [6, 6.07) is 14.8. The molecule has 0 aliphatic rings. The number of benzene rings is 1. The topological polar surface area (TPSA) is 145 Å². The fourth-order valence-corrected chi connectivity index (χ4v) is 4.23. The molecule has 1 amide bonds. The molecular weight excluding hydrogens is 519 g/mol. The number of amides is 1. The van der Waals surface area contributed by atoms with Crippen LogP contribution in [0.25, 0.3) is 33.3 Å². The van der Waals surface area contributed by atoms with Gasteiger partial charge in [-0.25, -0.2) is 14.5 Å². The van der Waals surface area contributed by atoms with Crippen molar-refractivity contribution in [2.45, 2.75) is 6.73 Å². The number of aromatic nitrogens is 3. The highest BCUT2D eigenvalue weighted by Crippen LogP contribution is 2.38. The molecule has 2 N–H and O–H groups in total. The number of nitriles is 1. The minimum Gasteiger partial charge on any atom is -0.312 e. The standard InChI is InChI=1S/C27H27N6O5P/c1-31(2)11-5-8-26(34)32(3)23-7-4-6-19(13-23)21-14-24-25(20-9-10-29-22(12-20)15-28)17-33(27(24)30-16-21)18-38-39(35,36)37/h4-10,12-14,16-17H,11,18H2,1-3H3,(H2,35,36,37). The first-order valence-corrected chi connectivity index (χ1v) is 13.3. The van der Waals surface area contributed by atoms with Crippen LogP contribution in [0.15, 0.2) is 73.2 Å². The van der Waals surface area contributed by atoms with E-state index in [4.69, 9.17) is 4.52 Å². The van der Waals surface area contributed by atoms with E-state index in [-0.39, 0.29) is 11.6 Å². The first-order chi connectivity index (χ1) is 18.6. The molecule has 0 unspecified atom stereocenters. The lowest BCUT2D eigenvalue weighted by Crippen LogP contribution is -2.24. The zero-order chi connectivity index (χ0) is 28.2. The molecule has 4 rings (SSSR count). The van der Waals surface area contributed by atoms with Crippen LogP contribution in [-0.2, 0) is 20.6 Å². The fourth-order valence-electron chi connectivity index (χ4n) is 3.95. The maximum absolute atomic E-state index is 12.6. The number of anilines is 1. The number of carbonyl (C=O) groups excluding carboxylic acids is 1. The van der Waals surface area contributed by atoms with Crippen molar-refractivity contribution in [1.82, 2.24) is 19.4 Å². The Bertz CT molecular complexity index is 1640. The minimum absolute atomic E-state index is 0.155. The second-order valence-corrected chi connectivity index (χ2v) is 10.2. The molecule has 39 heavy (non-hydrogen) atoms. The van der Waals surface area contributed by atoms with Crippen molar-refractivity contribution in [2.75, 3.05) is 32.6 Å². The largest absolute Gasteiger partial charge is 0.471 e. The average molecular weight is 547 g/mol. The molecule has 0 atom stereocenters. The summed E-state index contributed by atoms with van der Waals surface area (Å²) in [5, 5.41) is 9.98. The normalized spacial score (nSPS) is 11.8. The van der Waals surface area contributed by atoms with Crippen LogP contribution in [0.5, 0.6) is 0 Å². The monoisotopic (exact) mass is 546 g/mol. The molecule has 0 aliphatic heterocycles. The van der Waals surface area contributed by atoms with Crippen molar-refractivity contribution < 1.29 is 23.7 Å². The van der Waals surface area contributed by atoms with Gasteiger partial charge in [0.05, 0.1) is 0 Å². The van der Waals surface area contributed by atoms with Crippen molar-refractivity contribution in [3.63, 3.8) is 0 Å². The molecule has 200 valence electrons. The second-order valence-electron chi connectivity index (χ2n) is 9.01. The summed E-state index contributed by atoms with van der Waals surface area (Å²) in [5.41, 5.74) is 4.31. The van der Waals surface area contributed by atoms with E-state index in [2.05, 4.69) is 9.97 Å². The summed E-state index contributed by atoms with van der Waals surface area (Å²) in [7, 11) is 0.838. The maximum atomic E-state index is 12.6. The van der Waals surface area contributed by atoms with E-state index in [0.717, 1.165) is 11.1 Å². The lowest BCUT2D eigenvalue weighted by atomic mass is 10.0. The molecule has 0 fully saturated rings. The number of carbonyl (C=O) groups is 1. The third kappa shape index (κ3) is 6.83. The van der Waals surface area contributed by atoms with Crippen LogP contribution in [0.3, 0.4) is 0 Å². The average Bonchev–Trinajstić information content (AvgIpc) is 3.29. The number of fused-ring (bicyclic) bond motifs is 1. The van der Waals surface area contributed by atoms with E-state index in [9.17, 15) is 24.4 Å². The van der Waals surface area contributed by atoms with E-state index >= 15 is 0 Å². The lowest BCUT2D eigenvalue weighted by molar-refractivity contribution is -0.113. The van der Waals surface area contributed by atoms with Gasteiger partial charge in [-0.1, -0.05) is 18.2 Å². The SMILES string of the molecule is CN(C)CC=CC(=O)N(C)c1cccc(-c2cnc3c(c2)c(-c2ccnc(C#N)c2)cn3COP(=O)(O)O)c1. The molecule has 0 aliphatic carbocycles. The smallest absolute Gasteiger partial charge is 0.312 e. The van der Waals surface area contributed by atoms with Gasteiger partial charge in [0.25, 0.3) is 0 Å². The summed E-state index contributed by atoms with van der Waals surface area (Å²) in [6.45, 7) is 0.229. The van der Waals surface area contributed by atoms with Crippen LogP contribution in [0.2, 0.25) is 0 Å². The minimum atomic E-state index is -4.72. The highest BCUT2D eigenvalue weighted by molar-refractivity contribution is 7.46. The van der Waals surface area contributed by atoms with E-state index in [1.54, 1.807) is 48.6 Å². The summed E-state index contributed by atoms with van der Waals surface area (Å²) < 4.78 is 17.5. The zero-order valence-electron chi connectivity index (χ0n) is 21.6. The number of hydrogen-bond acceptors (Lipinski definition) is 7. The van der Waals surface area contributed by atoms with E-state index in [0.29, 0.717) is 34.4 Å². The molecule has 11 nitrogen and oxygen atoms in total. The van der Waals surface area contributed by atoms with Crippen molar-refractivity contribution in [3.05, 3.63) is 78.9 Å². The quantitative estimate of drug-likeness (QED) is 0.237. The molecule has 12 heteroatoms. The van der Waals surface area contributed by atoms with Crippen LogP contribution in [0.4, 0.5) is 5.69 Å². The number of rotatable bonds is 9. The van der Waals surface area contributed by atoms with Gasteiger partial charge in [0.2, 0.25) is 5.91 Å². The number of likely N-dealkylation sites (N-methyl/N-ethyl adjacent to an activating group) is 2. The van der Waals surface area contributed by atoms with Gasteiger partial charge < -0.3 is 24.2 Å². The van der Waals surface area contributed by atoms with Gasteiger partial charge >= 0.3 is 7.82 Å². The predicted molar refractivity (Wildman–Crippen MR) is 147 cm³/mol. The van der Waals surface area contributed by atoms with Gasteiger partial charge in [0.1, 0.15) is 24.1 Å². The Labute approximate surface area is 225 Å². The fraction of sp³-hybridized carbons (Fsp3) is 0.185. The van der Waals surface area contributed by atoms with Gasteiger partial charge in [-0.15, -0.1) is 0 Å². The molecule has 0 spiro atoms. The Balaban J connectivity index is 1.75. The van der Waals surface area contributed by atoms with Gasteiger partial charge in [0, 0.05) is 60.5 Å². The van der Waals surface area contributed by atoms with Crippen LogP contribution in [0.1, 0.15) is 5.69 Å². The summed E-state index contributed by atoms with van der Waals surface area (Å²) in [6.07, 6.45) is 8.17. The molecule has 3 aromatic heterocycles. The van der Waals surface area contributed by atoms with Crippen molar-refractivity contribution in [3.8, 4) is 28.3 Å². The van der Waals surface area contributed by atoms with Gasteiger partial charge in [0.15, 0.2) is 0 Å². The number of phosphoric ester groups is 1. The van der Waals surface area contributed by atoms with Crippen molar-refractivity contribution in [2.24, 2.45) is 0 Å². The van der Waals surface area contributed by atoms with E-state index in [1.807, 2.05) is 55.4 Å². The van der Waals surface area contributed by atoms with E-state index in [1.165, 1.54) is 10.8 Å². The number of pyridine rings is 2. The molecule has 0 saturated carbocycles. The molecule has 0 saturated heterocycles. The third-order valence-corrected chi connectivity index (χ3v) is 6.34. The molecule has 0 bridgehead atoms. The van der Waals surface area contributed by atoms with Crippen LogP contribution in [0, 0.1) is 11.3 Å². The zero-order valence-corrected chi connectivity index (χ0v) is 22.5. The molecule has 4 aromatic rings. The summed E-state index contributed by atoms with van der Waals surface area (Å²) in [5.74, 6) is -0.155. The first-order valence-electron chi connectivity index (χ1n) is 11.8. The lowest BCUT2D eigenvalue weighted by Gasteiger charge is -2.17. The van der Waals surface area contributed by atoms with Gasteiger partial charge in [-0.2, -0.15) is 5.26 Å². The second kappa shape index (κ2) is 11.7. The molecule has 1 aromatic carbocycles. The highest BCUT2D eigenvalue weighted by atomic mass is 31.2. The van der Waals surface area contributed by atoms with Crippen molar-refractivity contribution in [1.29, 1.82) is 5.26 Å². The first kappa shape index (κ1) is 27.9. The number of nitrogens with zero attached hydrogens (tertiary/aromatic N) is 6. The Morgan fingerprint density at radius 1 is 1.13 bits per heavy atom. The Kier molecular flexibility index (Phi) is 8.35. The van der Waals surface area contributed by atoms with Crippen LogP contribution in [-0.4, -0.2) is 62.8 Å². The molecule has 0 radical (unpaired) electrons. The highest BCUT2D eigenvalue weighted by Gasteiger charge is 2.18. The summed E-state index contributed by atoms with van der Waals surface area (Å²) in [4.78, 5) is 43.1. The van der Waals surface area contributed by atoms with Crippen LogP contribution < -0.4 is 4.90 Å².